The van der Waals surface area contributed by atoms with E-state index in [9.17, 15) is 4.79 Å². The molecule has 1 aromatic heterocycles. The molecule has 0 amide bonds. The van der Waals surface area contributed by atoms with Gasteiger partial charge in [-0.3, -0.25) is 4.79 Å². The molecule has 3 heteroatoms. The van der Waals surface area contributed by atoms with E-state index in [1.165, 1.54) is 4.88 Å². The molecule has 1 atom stereocenters. The van der Waals surface area contributed by atoms with Crippen molar-refractivity contribution in [3.05, 3.63) is 22.4 Å². The molecule has 1 unspecified atom stereocenters. The zero-order valence-electron chi connectivity index (χ0n) is 8.78. The molecule has 0 bridgehead atoms. The van der Waals surface area contributed by atoms with E-state index in [0.29, 0.717) is 12.2 Å². The fraction of sp³-hybridized carbons (Fsp3) is 0.583. The van der Waals surface area contributed by atoms with Crippen molar-refractivity contribution in [3.8, 4) is 0 Å². The molecule has 2 rings (SSSR count). The van der Waals surface area contributed by atoms with Gasteiger partial charge in [-0.25, -0.2) is 0 Å². The van der Waals surface area contributed by atoms with Crippen molar-refractivity contribution in [2.24, 2.45) is 0 Å². The van der Waals surface area contributed by atoms with Gasteiger partial charge in [0, 0.05) is 24.1 Å². The summed E-state index contributed by atoms with van der Waals surface area (Å²) >= 11 is 1.76. The van der Waals surface area contributed by atoms with E-state index in [4.69, 9.17) is 4.74 Å². The highest BCUT2D eigenvalue weighted by atomic mass is 32.1. The summed E-state index contributed by atoms with van der Waals surface area (Å²) in [5.74, 6) is 0.363. The first-order chi connectivity index (χ1) is 7.34. The first-order valence-corrected chi connectivity index (χ1v) is 6.38. The third kappa shape index (κ3) is 3.43. The van der Waals surface area contributed by atoms with Crippen LogP contribution in [0.15, 0.2) is 17.5 Å². The monoisotopic (exact) mass is 224 g/mol. The Morgan fingerprint density at radius 3 is 3.20 bits per heavy atom. The van der Waals surface area contributed by atoms with E-state index in [1.807, 2.05) is 0 Å². The lowest BCUT2D eigenvalue weighted by molar-refractivity contribution is -0.124. The Hall–Kier alpha value is -0.670. The van der Waals surface area contributed by atoms with Gasteiger partial charge in [-0.05, 0) is 24.3 Å². The van der Waals surface area contributed by atoms with Crippen LogP contribution in [0, 0.1) is 0 Å². The van der Waals surface area contributed by atoms with Crippen LogP contribution in [0.25, 0.3) is 0 Å². The fourth-order valence-electron chi connectivity index (χ4n) is 1.91. The maximum Gasteiger partial charge on any atom is 0.135 e. The lowest BCUT2D eigenvalue weighted by atomic mass is 9.96. The van der Waals surface area contributed by atoms with Gasteiger partial charge in [-0.2, -0.15) is 0 Å². The third-order valence-corrected chi connectivity index (χ3v) is 3.66. The Morgan fingerprint density at radius 1 is 1.53 bits per heavy atom. The van der Waals surface area contributed by atoms with Gasteiger partial charge >= 0.3 is 0 Å². The maximum atomic E-state index is 11.2. The molecule has 0 aliphatic heterocycles. The Morgan fingerprint density at radius 2 is 2.47 bits per heavy atom. The first-order valence-electron chi connectivity index (χ1n) is 5.50. The molecule has 82 valence electrons. The molecule has 1 aliphatic carbocycles. The number of ketones is 1. The Kier molecular flexibility index (Phi) is 3.92. The second kappa shape index (κ2) is 5.42. The van der Waals surface area contributed by atoms with Crippen molar-refractivity contribution < 1.29 is 9.53 Å². The summed E-state index contributed by atoms with van der Waals surface area (Å²) in [6.45, 7) is 0.748. The third-order valence-electron chi connectivity index (χ3n) is 2.72. The summed E-state index contributed by atoms with van der Waals surface area (Å²) in [4.78, 5) is 12.5. The Balaban J connectivity index is 1.67. The molecule has 0 N–H and O–H groups in total. The normalized spacial score (nSPS) is 21.9. The number of hydrogen-bond donors (Lipinski definition) is 0. The zero-order chi connectivity index (χ0) is 10.5. The minimum atomic E-state index is 0.186. The molecule has 0 spiro atoms. The van der Waals surface area contributed by atoms with E-state index in [0.717, 1.165) is 32.3 Å². The lowest BCUT2D eigenvalue weighted by Gasteiger charge is -2.20. The number of ether oxygens (including phenoxy) is 1. The predicted molar refractivity (Wildman–Crippen MR) is 61.2 cm³/mol. The summed E-state index contributed by atoms with van der Waals surface area (Å²) in [5, 5.41) is 2.08. The molecule has 1 saturated carbocycles. The molecule has 1 heterocycles. The summed E-state index contributed by atoms with van der Waals surface area (Å²) in [6, 6.07) is 4.18. The highest BCUT2D eigenvalue weighted by Crippen LogP contribution is 2.18. The van der Waals surface area contributed by atoms with Gasteiger partial charge in [0.1, 0.15) is 5.78 Å². The van der Waals surface area contributed by atoms with Crippen molar-refractivity contribution in [2.75, 3.05) is 6.61 Å². The molecule has 0 saturated heterocycles. The number of hydrogen-bond acceptors (Lipinski definition) is 3. The molecular formula is C12H16O2S. The number of thiophene rings is 1. The second-order valence-corrected chi connectivity index (χ2v) is 4.99. The SMILES string of the molecule is O=C1CCCC(OCCc2cccs2)C1. The van der Waals surface area contributed by atoms with Crippen molar-refractivity contribution in [2.45, 2.75) is 38.2 Å². The average Bonchev–Trinajstić information content (AvgIpc) is 2.71. The first kappa shape index (κ1) is 10.8. The van der Waals surface area contributed by atoms with Crippen LogP contribution in [0.1, 0.15) is 30.6 Å². The highest BCUT2D eigenvalue weighted by molar-refractivity contribution is 7.09. The van der Waals surface area contributed by atoms with Crippen molar-refractivity contribution in [1.29, 1.82) is 0 Å². The van der Waals surface area contributed by atoms with Crippen LogP contribution >= 0.6 is 11.3 Å². The molecule has 1 aliphatic rings. The number of rotatable bonds is 4. The summed E-state index contributed by atoms with van der Waals surface area (Å²) < 4.78 is 5.71. The predicted octanol–water partition coefficient (Wildman–Crippen LogP) is 2.82. The lowest BCUT2D eigenvalue weighted by Crippen LogP contribution is -2.23. The van der Waals surface area contributed by atoms with Gasteiger partial charge in [0.15, 0.2) is 0 Å². The van der Waals surface area contributed by atoms with Crippen LogP contribution < -0.4 is 0 Å². The van der Waals surface area contributed by atoms with Gasteiger partial charge in [-0.1, -0.05) is 6.07 Å². The minimum Gasteiger partial charge on any atom is -0.377 e. The van der Waals surface area contributed by atoms with Gasteiger partial charge in [0.05, 0.1) is 12.7 Å². The number of carbonyl (C=O) groups is 1. The molecule has 0 aromatic carbocycles. The summed E-state index contributed by atoms with van der Waals surface area (Å²) in [7, 11) is 0. The average molecular weight is 224 g/mol. The molecule has 1 aromatic rings. The topological polar surface area (TPSA) is 26.3 Å². The standard InChI is InChI=1S/C12H16O2S/c13-10-3-1-4-11(9-10)14-7-6-12-5-2-8-15-12/h2,5,8,11H,1,3-4,6-7,9H2. The highest BCUT2D eigenvalue weighted by Gasteiger charge is 2.19. The summed E-state index contributed by atoms with van der Waals surface area (Å²) in [6.07, 6.45) is 4.60. The largest absolute Gasteiger partial charge is 0.377 e. The van der Waals surface area contributed by atoms with Gasteiger partial charge in [0.25, 0.3) is 0 Å². The van der Waals surface area contributed by atoms with Gasteiger partial charge in [-0.15, -0.1) is 11.3 Å². The van der Waals surface area contributed by atoms with E-state index in [1.54, 1.807) is 11.3 Å². The van der Waals surface area contributed by atoms with Crippen molar-refractivity contribution in [1.82, 2.24) is 0 Å². The van der Waals surface area contributed by atoms with Crippen molar-refractivity contribution >= 4 is 17.1 Å². The van der Waals surface area contributed by atoms with Crippen LogP contribution in [-0.2, 0) is 16.0 Å². The molecule has 0 radical (unpaired) electrons. The van der Waals surface area contributed by atoms with Crippen LogP contribution in [0.2, 0.25) is 0 Å². The Bertz CT molecular complexity index is 305. The smallest absolute Gasteiger partial charge is 0.135 e. The Labute approximate surface area is 94.3 Å². The second-order valence-electron chi connectivity index (χ2n) is 3.96. The van der Waals surface area contributed by atoms with E-state index in [-0.39, 0.29) is 6.10 Å². The van der Waals surface area contributed by atoms with Gasteiger partial charge in [0.2, 0.25) is 0 Å². The number of Topliss-reactive ketones (excluding diaryl/α,β-unsaturated/α-hetero) is 1. The number of carbonyl (C=O) groups excluding carboxylic acids is 1. The van der Waals surface area contributed by atoms with Gasteiger partial charge < -0.3 is 4.74 Å². The van der Waals surface area contributed by atoms with Crippen LogP contribution in [-0.4, -0.2) is 18.5 Å². The van der Waals surface area contributed by atoms with Crippen LogP contribution in [0.5, 0.6) is 0 Å². The van der Waals surface area contributed by atoms with E-state index in [2.05, 4.69) is 17.5 Å². The quantitative estimate of drug-likeness (QED) is 0.786. The van der Waals surface area contributed by atoms with E-state index >= 15 is 0 Å². The molecule has 2 nitrogen and oxygen atoms in total. The van der Waals surface area contributed by atoms with Crippen molar-refractivity contribution in [3.63, 3.8) is 0 Å². The minimum absolute atomic E-state index is 0.186. The molecule has 15 heavy (non-hydrogen) atoms. The zero-order valence-corrected chi connectivity index (χ0v) is 9.59. The molecule has 1 fully saturated rings. The summed E-state index contributed by atoms with van der Waals surface area (Å²) in [5.41, 5.74) is 0. The van der Waals surface area contributed by atoms with Crippen LogP contribution in [0.3, 0.4) is 0 Å². The van der Waals surface area contributed by atoms with Crippen LogP contribution in [0.4, 0.5) is 0 Å². The van der Waals surface area contributed by atoms with E-state index < -0.39 is 0 Å². The molecular weight excluding hydrogens is 208 g/mol. The maximum absolute atomic E-state index is 11.2. The fourth-order valence-corrected chi connectivity index (χ4v) is 2.60.